The number of Topliss-reactive ketones (excluding diaryl/α,β-unsaturated/α-hetero) is 1. The maximum atomic E-state index is 13.3. The SMILES string of the molecule is C1CCCC1.CC/C=C(C)/C=C(\C=C(/C)C1=C(OC)CCN=C1)C(=O)Nc1nc2ccc(C)cc2n1C.CCCCC(=O)C(C)C.CCCCCC(C)CCC.CCCCCC(CCC)Nc1cc(C)cc(F)c1.CCO. The summed E-state index contributed by atoms with van der Waals surface area (Å²) in [6.45, 7) is 30.0. The van der Waals surface area contributed by atoms with E-state index >= 15 is 0 Å². The van der Waals surface area contributed by atoms with Crippen LogP contribution in [0.2, 0.25) is 0 Å². The number of ketones is 1. The summed E-state index contributed by atoms with van der Waals surface area (Å²) in [5, 5.41) is 14.0. The van der Waals surface area contributed by atoms with Gasteiger partial charge in [-0.2, -0.15) is 0 Å². The number of aliphatic imine (C=N–C) groups is 1. The lowest BCUT2D eigenvalue weighted by Crippen LogP contribution is -2.19. The lowest BCUT2D eigenvalue weighted by Gasteiger charge is -2.19. The predicted octanol–water partition coefficient (Wildman–Crippen LogP) is 19.1. The fourth-order valence-corrected chi connectivity index (χ4v) is 8.99. The fourth-order valence-electron chi connectivity index (χ4n) is 8.99. The van der Waals surface area contributed by atoms with Gasteiger partial charge >= 0.3 is 0 Å². The maximum Gasteiger partial charge on any atom is 0.257 e. The second-order valence-electron chi connectivity index (χ2n) is 21.4. The van der Waals surface area contributed by atoms with Gasteiger partial charge in [0.05, 0.1) is 18.1 Å². The molecule has 2 unspecified atom stereocenters. The molecule has 9 nitrogen and oxygen atoms in total. The highest BCUT2D eigenvalue weighted by atomic mass is 19.1. The van der Waals surface area contributed by atoms with E-state index in [4.69, 9.17) is 9.84 Å². The number of carbonyl (C=O) groups is 2. The average Bonchev–Trinajstić information content (AvgIpc) is 4.08. The minimum Gasteiger partial charge on any atom is -0.500 e. The van der Waals surface area contributed by atoms with Crippen LogP contribution in [0.25, 0.3) is 11.0 Å². The van der Waals surface area contributed by atoms with Crippen molar-refractivity contribution >= 4 is 40.6 Å². The summed E-state index contributed by atoms with van der Waals surface area (Å²) in [5.41, 5.74) is 8.30. The third-order valence-corrected chi connectivity index (χ3v) is 13.4. The van der Waals surface area contributed by atoms with Crippen molar-refractivity contribution in [2.75, 3.05) is 30.9 Å². The number of fused-ring (bicyclic) bond motifs is 1. The van der Waals surface area contributed by atoms with Crippen LogP contribution in [0.15, 0.2) is 87.7 Å². The molecule has 0 saturated heterocycles. The number of allylic oxidation sites excluding steroid dienone is 5. The molecule has 0 spiro atoms. The minimum absolute atomic E-state index is 0.152. The number of unbranched alkanes of at least 4 members (excludes halogenated alkanes) is 5. The Morgan fingerprint density at radius 3 is 1.94 bits per heavy atom. The zero-order valence-corrected chi connectivity index (χ0v) is 51.9. The second-order valence-corrected chi connectivity index (χ2v) is 21.4. The van der Waals surface area contributed by atoms with Crippen molar-refractivity contribution in [2.24, 2.45) is 23.9 Å². The fraction of sp³-hybridized carbons (Fsp3) is 0.642. The first-order valence-electron chi connectivity index (χ1n) is 30.2. The number of nitrogens with zero attached hydrogens (tertiary/aromatic N) is 3. The molecule has 10 heteroatoms. The number of methoxy groups -OCH3 is 1. The molecule has 1 aliphatic heterocycles. The van der Waals surface area contributed by atoms with Gasteiger partial charge in [-0.1, -0.05) is 183 Å². The average molecular weight is 1070 g/mol. The quantitative estimate of drug-likeness (QED) is 0.0442. The summed E-state index contributed by atoms with van der Waals surface area (Å²) >= 11 is 0. The molecule has 1 fully saturated rings. The molecule has 77 heavy (non-hydrogen) atoms. The van der Waals surface area contributed by atoms with Crippen molar-refractivity contribution < 1.29 is 23.8 Å². The number of hydrogen-bond donors (Lipinski definition) is 3. The van der Waals surface area contributed by atoms with Crippen LogP contribution in [0.4, 0.5) is 16.0 Å². The Labute approximate surface area is 470 Å². The number of halogens is 1. The highest BCUT2D eigenvalue weighted by Gasteiger charge is 2.17. The number of benzene rings is 2. The third-order valence-electron chi connectivity index (χ3n) is 13.4. The van der Waals surface area contributed by atoms with Crippen molar-refractivity contribution in [1.29, 1.82) is 0 Å². The number of dihydropyridines is 1. The molecule has 0 radical (unpaired) electrons. The third kappa shape index (κ3) is 33.3. The Hall–Kier alpha value is -4.83. The standard InChI is InChI=1S/C26H32N4O2.C16H26FN.C10H22.C8H16O.C5H10.C2H6O/c1-7-8-17(2)13-20(15-19(4)21-16-27-12-11-24(21)32-6)25(31)29-26-28-22-10-9-18(3)14-23(22)30(26)5;1-4-6-7-9-15(8-5-2)18-16-11-13(3)10-14(17)12-16;1-4-6-7-9-10(3)8-5-2;1-4-5-6-8(9)7(2)3;1-2-4-5-3-1;1-2-3/h8-10,13-16H,7,11-12H2,1-6H3,(H,28,29,31);10-12,15,18H,4-9H2,1-3H3;10H,4-9H2,1-3H3;7H,4-6H2,1-3H3;1-5H2;3H,2H2,1H3/b17-8+,19-15+,20-13+;;;;;. The van der Waals surface area contributed by atoms with Crippen LogP contribution >= 0.6 is 0 Å². The first kappa shape index (κ1) is 72.2. The summed E-state index contributed by atoms with van der Waals surface area (Å²) in [5.74, 6) is 2.64. The summed E-state index contributed by atoms with van der Waals surface area (Å²) in [6, 6.07) is 11.7. The van der Waals surface area contributed by atoms with Crippen LogP contribution in [0.3, 0.4) is 0 Å². The number of amides is 1. The number of ether oxygens (including phenoxy) is 1. The van der Waals surface area contributed by atoms with Crippen LogP contribution in [-0.2, 0) is 21.4 Å². The smallest absolute Gasteiger partial charge is 0.257 e. The number of carbonyl (C=O) groups excluding carboxylic acids is 2. The molecule has 1 aliphatic carbocycles. The highest BCUT2D eigenvalue weighted by molar-refractivity contribution is 6.06. The van der Waals surface area contributed by atoms with E-state index in [0.717, 1.165) is 101 Å². The van der Waals surface area contributed by atoms with Crippen molar-refractivity contribution in [3.8, 4) is 0 Å². The zero-order valence-electron chi connectivity index (χ0n) is 51.9. The minimum atomic E-state index is -0.212. The number of rotatable bonds is 25. The monoisotopic (exact) mass is 1070 g/mol. The summed E-state index contributed by atoms with van der Waals surface area (Å²) in [4.78, 5) is 33.2. The van der Waals surface area contributed by atoms with E-state index in [9.17, 15) is 14.0 Å². The lowest BCUT2D eigenvalue weighted by molar-refractivity contribution is -0.122. The molecule has 5 rings (SSSR count). The molecule has 2 aromatic carbocycles. The van der Waals surface area contributed by atoms with Gasteiger partial charge in [-0.25, -0.2) is 9.37 Å². The molecule has 1 amide bonds. The van der Waals surface area contributed by atoms with Crippen molar-refractivity contribution in [1.82, 2.24) is 9.55 Å². The Morgan fingerprint density at radius 2 is 1.39 bits per heavy atom. The van der Waals surface area contributed by atoms with Gasteiger partial charge in [0, 0.05) is 68.0 Å². The lowest BCUT2D eigenvalue weighted by atomic mass is 9.99. The second kappa shape index (κ2) is 45.1. The van der Waals surface area contributed by atoms with Crippen LogP contribution < -0.4 is 10.6 Å². The Kier molecular flexibility index (Phi) is 42.2. The van der Waals surface area contributed by atoms with Gasteiger partial charge in [-0.3, -0.25) is 19.9 Å². The maximum absolute atomic E-state index is 13.3. The Morgan fingerprint density at radius 1 is 0.779 bits per heavy atom. The van der Waals surface area contributed by atoms with E-state index < -0.39 is 0 Å². The largest absolute Gasteiger partial charge is 0.500 e. The summed E-state index contributed by atoms with van der Waals surface area (Å²) < 4.78 is 20.8. The van der Waals surface area contributed by atoms with E-state index in [2.05, 4.69) is 81.2 Å². The van der Waals surface area contributed by atoms with Crippen molar-refractivity contribution in [3.05, 3.63) is 99.6 Å². The molecule has 1 saturated carbocycles. The molecule has 2 aliphatic rings. The molecule has 0 bridgehead atoms. The zero-order chi connectivity index (χ0) is 58.0. The van der Waals surface area contributed by atoms with Crippen LogP contribution in [0.1, 0.15) is 235 Å². The van der Waals surface area contributed by atoms with E-state index in [1.54, 1.807) is 26.2 Å². The van der Waals surface area contributed by atoms with E-state index in [-0.39, 0.29) is 24.2 Å². The summed E-state index contributed by atoms with van der Waals surface area (Å²) in [7, 11) is 3.58. The molecule has 3 aromatic rings. The van der Waals surface area contributed by atoms with Gasteiger partial charge in [0.2, 0.25) is 5.95 Å². The van der Waals surface area contributed by atoms with Crippen LogP contribution in [0, 0.1) is 31.5 Å². The molecule has 2 atom stereocenters. The van der Waals surface area contributed by atoms with Gasteiger partial charge in [0.1, 0.15) is 17.4 Å². The van der Waals surface area contributed by atoms with E-state index in [0.29, 0.717) is 29.9 Å². The topological polar surface area (TPSA) is 118 Å². The molecule has 3 N–H and O–H groups in total. The van der Waals surface area contributed by atoms with Crippen molar-refractivity contribution in [2.45, 2.75) is 244 Å². The Bertz CT molecular complexity index is 2180. The number of nitrogens with one attached hydrogen (secondary N) is 2. The number of aliphatic hydroxyl groups is 1. The van der Waals surface area contributed by atoms with Gasteiger partial charge in [-0.15, -0.1) is 0 Å². The molecule has 436 valence electrons. The Balaban J connectivity index is 0.00000107. The van der Waals surface area contributed by atoms with Crippen molar-refractivity contribution in [3.63, 3.8) is 0 Å². The predicted molar refractivity (Wildman–Crippen MR) is 333 cm³/mol. The van der Waals surface area contributed by atoms with Gasteiger partial charge in [0.25, 0.3) is 5.91 Å². The molecular formula is C67H112FN5O4. The van der Waals surface area contributed by atoms with Gasteiger partial charge < -0.3 is 19.7 Å². The van der Waals surface area contributed by atoms with Crippen LogP contribution in [-0.4, -0.2) is 58.9 Å². The first-order valence-corrected chi connectivity index (χ1v) is 30.2. The molecular weight excluding hydrogens is 958 g/mol. The molecule has 1 aromatic heterocycles. The number of anilines is 2. The summed E-state index contributed by atoms with van der Waals surface area (Å²) in [6.07, 6.45) is 35.5. The van der Waals surface area contributed by atoms with E-state index in [1.807, 2.05) is 89.7 Å². The normalized spacial score (nSPS) is 14.1. The molecule has 2 heterocycles. The first-order chi connectivity index (χ1) is 36.9. The number of aliphatic hydroxyl groups excluding tert-OH is 1. The number of imidazole rings is 1. The highest BCUT2D eigenvalue weighted by Crippen LogP contribution is 2.25. The van der Waals surface area contributed by atoms with Gasteiger partial charge in [0.15, 0.2) is 0 Å². The number of hydrogen-bond acceptors (Lipinski definition) is 7. The number of aromatic nitrogens is 2. The van der Waals surface area contributed by atoms with Crippen LogP contribution in [0.5, 0.6) is 0 Å². The van der Waals surface area contributed by atoms with E-state index in [1.165, 1.54) is 96.3 Å². The van der Waals surface area contributed by atoms with Gasteiger partial charge in [-0.05, 0) is 125 Å². The number of aryl methyl sites for hydroxylation is 3.